The summed E-state index contributed by atoms with van der Waals surface area (Å²) in [5.41, 5.74) is 1.80. The van der Waals surface area contributed by atoms with Gasteiger partial charge in [0.25, 0.3) is 0 Å². The van der Waals surface area contributed by atoms with Crippen LogP contribution in [0.4, 0.5) is 5.69 Å². The number of hydrogen-bond donors (Lipinski definition) is 2. The molecule has 1 aliphatic heterocycles. The van der Waals surface area contributed by atoms with Gasteiger partial charge in [-0.1, -0.05) is 6.07 Å². The topological polar surface area (TPSA) is 58.6 Å². The van der Waals surface area contributed by atoms with Crippen molar-refractivity contribution in [2.45, 2.75) is 12.5 Å². The highest BCUT2D eigenvalue weighted by molar-refractivity contribution is 5.82. The quantitative estimate of drug-likeness (QED) is 0.738. The van der Waals surface area contributed by atoms with E-state index in [1.807, 2.05) is 18.2 Å². The molecule has 0 aliphatic carbocycles. The summed E-state index contributed by atoms with van der Waals surface area (Å²) in [6.07, 6.45) is 0.481. The summed E-state index contributed by atoms with van der Waals surface area (Å²) >= 11 is 0. The predicted octanol–water partition coefficient (Wildman–Crippen LogP) is 1.12. The average Bonchev–Trinajstić information content (AvgIpc) is 2.60. The van der Waals surface area contributed by atoms with Crippen LogP contribution in [-0.2, 0) is 11.2 Å². The van der Waals surface area contributed by atoms with Crippen molar-refractivity contribution in [2.24, 2.45) is 0 Å². The van der Waals surface area contributed by atoms with Crippen molar-refractivity contribution in [3.05, 3.63) is 23.8 Å². The van der Waals surface area contributed by atoms with Crippen LogP contribution in [0.1, 0.15) is 5.56 Å². The van der Waals surface area contributed by atoms with Crippen molar-refractivity contribution < 1.29 is 14.6 Å². The number of ether oxygens (including phenoxy) is 1. The number of carboxylic acids is 1. The predicted molar refractivity (Wildman–Crippen MR) is 51.7 cm³/mol. The van der Waals surface area contributed by atoms with Gasteiger partial charge in [-0.25, -0.2) is 4.79 Å². The van der Waals surface area contributed by atoms with Gasteiger partial charge in [-0.15, -0.1) is 0 Å². The number of rotatable bonds is 2. The summed E-state index contributed by atoms with van der Waals surface area (Å²) in [4.78, 5) is 10.8. The summed E-state index contributed by atoms with van der Waals surface area (Å²) in [5.74, 6) is -0.0815. The Hall–Kier alpha value is -1.71. The molecule has 1 aromatic rings. The summed E-state index contributed by atoms with van der Waals surface area (Å²) in [7, 11) is 1.59. The Morgan fingerprint density at radius 2 is 2.43 bits per heavy atom. The molecule has 0 bridgehead atoms. The van der Waals surface area contributed by atoms with Gasteiger partial charge in [0.05, 0.1) is 7.11 Å². The molecule has 0 saturated heterocycles. The Morgan fingerprint density at radius 3 is 3.07 bits per heavy atom. The summed E-state index contributed by atoms with van der Waals surface area (Å²) in [5, 5.41) is 11.8. The van der Waals surface area contributed by atoms with E-state index in [-0.39, 0.29) is 0 Å². The maximum Gasteiger partial charge on any atom is 0.326 e. The van der Waals surface area contributed by atoms with Crippen molar-refractivity contribution in [3.8, 4) is 5.75 Å². The Balaban J connectivity index is 2.34. The molecule has 14 heavy (non-hydrogen) atoms. The summed E-state index contributed by atoms with van der Waals surface area (Å²) in [6.45, 7) is 0. The van der Waals surface area contributed by atoms with Crippen LogP contribution in [0.25, 0.3) is 0 Å². The Labute approximate surface area is 81.5 Å². The number of benzene rings is 1. The third-order valence-corrected chi connectivity index (χ3v) is 2.39. The molecule has 4 heteroatoms. The molecule has 1 aromatic carbocycles. The number of carbonyl (C=O) groups is 1. The lowest BCUT2D eigenvalue weighted by Crippen LogP contribution is -2.26. The van der Waals surface area contributed by atoms with E-state index in [1.165, 1.54) is 0 Å². The van der Waals surface area contributed by atoms with E-state index in [1.54, 1.807) is 7.11 Å². The molecule has 0 fully saturated rings. The van der Waals surface area contributed by atoms with Crippen LogP contribution in [0.3, 0.4) is 0 Å². The normalized spacial score (nSPS) is 18.5. The van der Waals surface area contributed by atoms with Crippen LogP contribution in [0.2, 0.25) is 0 Å². The molecular weight excluding hydrogens is 182 g/mol. The number of anilines is 1. The molecule has 1 atom stereocenters. The van der Waals surface area contributed by atoms with Crippen molar-refractivity contribution >= 4 is 11.7 Å². The zero-order valence-electron chi connectivity index (χ0n) is 7.78. The third-order valence-electron chi connectivity index (χ3n) is 2.39. The van der Waals surface area contributed by atoms with Gasteiger partial charge in [0.1, 0.15) is 11.8 Å². The molecule has 1 unspecified atom stereocenters. The van der Waals surface area contributed by atoms with Crippen LogP contribution < -0.4 is 10.1 Å². The zero-order chi connectivity index (χ0) is 10.1. The second-order valence-corrected chi connectivity index (χ2v) is 3.23. The average molecular weight is 193 g/mol. The summed E-state index contributed by atoms with van der Waals surface area (Å²) < 4.78 is 5.15. The highest BCUT2D eigenvalue weighted by Crippen LogP contribution is 2.33. The largest absolute Gasteiger partial charge is 0.496 e. The Morgan fingerprint density at radius 1 is 1.64 bits per heavy atom. The molecule has 0 radical (unpaired) electrons. The van der Waals surface area contributed by atoms with Gasteiger partial charge in [-0.05, 0) is 12.1 Å². The number of aliphatic carboxylic acids is 1. The third kappa shape index (κ3) is 1.28. The monoisotopic (exact) mass is 193 g/mol. The van der Waals surface area contributed by atoms with Gasteiger partial charge in [0.15, 0.2) is 0 Å². The van der Waals surface area contributed by atoms with Crippen molar-refractivity contribution in [1.29, 1.82) is 0 Å². The standard InChI is InChI=1S/C10H11NO3/c1-14-9-4-2-3-7-6(9)5-8(11-7)10(12)13/h2-4,8,11H,5H2,1H3,(H,12,13). The maximum absolute atomic E-state index is 10.8. The first kappa shape index (κ1) is 8.87. The Kier molecular flexibility index (Phi) is 2.04. The molecule has 2 N–H and O–H groups in total. The SMILES string of the molecule is COc1cccc2c1CC(C(=O)O)N2. The maximum atomic E-state index is 10.8. The highest BCUT2D eigenvalue weighted by Gasteiger charge is 2.28. The van der Waals surface area contributed by atoms with Gasteiger partial charge in [0, 0.05) is 17.7 Å². The lowest BCUT2D eigenvalue weighted by molar-refractivity contribution is -0.137. The van der Waals surface area contributed by atoms with E-state index < -0.39 is 12.0 Å². The number of hydrogen-bond acceptors (Lipinski definition) is 3. The molecule has 0 spiro atoms. The second-order valence-electron chi connectivity index (χ2n) is 3.23. The minimum Gasteiger partial charge on any atom is -0.496 e. The van der Waals surface area contributed by atoms with E-state index in [0.717, 1.165) is 17.0 Å². The Bertz CT molecular complexity index is 376. The molecule has 2 rings (SSSR count). The van der Waals surface area contributed by atoms with Crippen molar-refractivity contribution in [2.75, 3.05) is 12.4 Å². The van der Waals surface area contributed by atoms with Crippen molar-refractivity contribution in [3.63, 3.8) is 0 Å². The van der Waals surface area contributed by atoms with Crippen LogP contribution >= 0.6 is 0 Å². The molecule has 0 aromatic heterocycles. The van der Waals surface area contributed by atoms with Gasteiger partial charge in [-0.3, -0.25) is 0 Å². The van der Waals surface area contributed by atoms with Crippen molar-refractivity contribution in [1.82, 2.24) is 0 Å². The van der Waals surface area contributed by atoms with E-state index in [2.05, 4.69) is 5.32 Å². The molecule has 0 saturated carbocycles. The number of carboxylic acid groups (broad SMARTS) is 1. The first-order chi connectivity index (χ1) is 6.72. The van der Waals surface area contributed by atoms with Gasteiger partial charge < -0.3 is 15.2 Å². The van der Waals surface area contributed by atoms with E-state index in [4.69, 9.17) is 9.84 Å². The van der Waals surface area contributed by atoms with Crippen LogP contribution in [0, 0.1) is 0 Å². The van der Waals surface area contributed by atoms with Gasteiger partial charge in [0.2, 0.25) is 0 Å². The van der Waals surface area contributed by atoms with E-state index in [9.17, 15) is 4.79 Å². The first-order valence-corrected chi connectivity index (χ1v) is 4.37. The minimum absolute atomic E-state index is 0.481. The molecular formula is C10H11NO3. The van der Waals surface area contributed by atoms with Crippen LogP contribution in [-0.4, -0.2) is 24.2 Å². The molecule has 1 aliphatic rings. The number of nitrogens with one attached hydrogen (secondary N) is 1. The molecule has 74 valence electrons. The minimum atomic E-state index is -0.830. The second kappa shape index (κ2) is 3.21. The number of methoxy groups -OCH3 is 1. The lowest BCUT2D eigenvalue weighted by atomic mass is 10.1. The smallest absolute Gasteiger partial charge is 0.326 e. The lowest BCUT2D eigenvalue weighted by Gasteiger charge is -2.04. The van der Waals surface area contributed by atoms with Crippen LogP contribution in [0.5, 0.6) is 5.75 Å². The summed E-state index contributed by atoms with van der Waals surface area (Å²) in [6, 6.07) is 5.02. The fourth-order valence-corrected chi connectivity index (χ4v) is 1.69. The van der Waals surface area contributed by atoms with Gasteiger partial charge in [-0.2, -0.15) is 0 Å². The highest BCUT2D eigenvalue weighted by atomic mass is 16.5. The molecule has 1 heterocycles. The zero-order valence-corrected chi connectivity index (χ0v) is 7.78. The van der Waals surface area contributed by atoms with Gasteiger partial charge >= 0.3 is 5.97 Å². The number of fused-ring (bicyclic) bond motifs is 1. The first-order valence-electron chi connectivity index (χ1n) is 4.37. The fourth-order valence-electron chi connectivity index (χ4n) is 1.69. The van der Waals surface area contributed by atoms with Crippen LogP contribution in [0.15, 0.2) is 18.2 Å². The van der Waals surface area contributed by atoms with E-state index >= 15 is 0 Å². The fraction of sp³-hybridized carbons (Fsp3) is 0.300. The molecule has 0 amide bonds. The molecule has 4 nitrogen and oxygen atoms in total. The van der Waals surface area contributed by atoms with E-state index in [0.29, 0.717) is 6.42 Å².